The molecular weight excluding hydrogens is 538 g/mol. The Morgan fingerprint density at radius 2 is 1.85 bits per heavy atom. The summed E-state index contributed by atoms with van der Waals surface area (Å²) in [6.07, 6.45) is 1.93. The Kier molecular flexibility index (Phi) is 7.99. The van der Waals surface area contributed by atoms with Crippen molar-refractivity contribution < 1.29 is 28.5 Å². The fourth-order valence-corrected chi connectivity index (χ4v) is 5.12. The zero-order valence-electron chi connectivity index (χ0n) is 22.5. The molecule has 1 saturated heterocycles. The highest BCUT2D eigenvalue weighted by atomic mass is 19.3. The molecule has 3 heterocycles. The average molecular weight is 569 g/mol. The van der Waals surface area contributed by atoms with E-state index in [4.69, 9.17) is 5.11 Å². The van der Waals surface area contributed by atoms with Gasteiger partial charge in [-0.15, -0.1) is 0 Å². The van der Waals surface area contributed by atoms with Crippen molar-refractivity contribution >= 4 is 22.8 Å². The van der Waals surface area contributed by atoms with Crippen molar-refractivity contribution in [3.63, 3.8) is 0 Å². The standard InChI is InChI=1S/C28H30F2N6O5/c1-17-14-34(9-10-35(17)26(40)23(38)16-37)28-31-12-20(13-32-28)18-7-8-21-22(11-18)36(33(2)25(21)39)15-19-5-3-4-6-24(19)41-27(29)30/h3-8,11-13,17,23,27,37-38H,9-10,14-16H2,1-2H3/t17-,23+/m1/s1. The Balaban J connectivity index is 1.39. The van der Waals surface area contributed by atoms with E-state index in [1.165, 1.54) is 10.7 Å². The molecule has 1 aliphatic heterocycles. The maximum absolute atomic E-state index is 12.9. The van der Waals surface area contributed by atoms with Crippen LogP contribution in [0.25, 0.3) is 22.0 Å². The van der Waals surface area contributed by atoms with Crippen molar-refractivity contribution in [2.45, 2.75) is 32.2 Å². The number of carbonyl (C=O) groups excluding carboxylic acids is 1. The summed E-state index contributed by atoms with van der Waals surface area (Å²) in [7, 11) is 1.62. The van der Waals surface area contributed by atoms with Crippen LogP contribution in [0.2, 0.25) is 0 Å². The minimum atomic E-state index is -2.97. The molecule has 2 aromatic heterocycles. The first kappa shape index (κ1) is 28.2. The van der Waals surface area contributed by atoms with E-state index in [9.17, 15) is 23.5 Å². The summed E-state index contributed by atoms with van der Waals surface area (Å²) in [5, 5.41) is 19.3. The van der Waals surface area contributed by atoms with E-state index in [1.807, 2.05) is 17.9 Å². The van der Waals surface area contributed by atoms with Gasteiger partial charge in [-0.2, -0.15) is 8.78 Å². The molecule has 0 unspecified atom stereocenters. The quantitative estimate of drug-likeness (QED) is 0.330. The van der Waals surface area contributed by atoms with Gasteiger partial charge in [-0.3, -0.25) is 19.0 Å². The number of fused-ring (bicyclic) bond motifs is 1. The number of aromatic nitrogens is 4. The molecule has 41 heavy (non-hydrogen) atoms. The van der Waals surface area contributed by atoms with Gasteiger partial charge in [0.2, 0.25) is 5.95 Å². The van der Waals surface area contributed by atoms with E-state index in [2.05, 4.69) is 14.7 Å². The van der Waals surface area contributed by atoms with Gasteiger partial charge in [0.05, 0.1) is 24.1 Å². The van der Waals surface area contributed by atoms with Crippen molar-refractivity contribution in [2.24, 2.45) is 7.05 Å². The average Bonchev–Trinajstić information content (AvgIpc) is 3.21. The van der Waals surface area contributed by atoms with Crippen molar-refractivity contribution in [1.82, 2.24) is 24.2 Å². The number of carbonyl (C=O) groups is 1. The highest BCUT2D eigenvalue weighted by molar-refractivity contribution is 5.84. The van der Waals surface area contributed by atoms with Gasteiger partial charge < -0.3 is 24.7 Å². The molecule has 2 N–H and O–H groups in total. The number of alkyl halides is 2. The number of para-hydroxylation sites is 1. The van der Waals surface area contributed by atoms with Gasteiger partial charge in [-0.25, -0.2) is 9.97 Å². The summed E-state index contributed by atoms with van der Waals surface area (Å²) in [5.41, 5.74) is 2.38. The van der Waals surface area contributed by atoms with Gasteiger partial charge in [0.1, 0.15) is 5.75 Å². The first-order valence-electron chi connectivity index (χ1n) is 13.1. The van der Waals surface area contributed by atoms with Crippen molar-refractivity contribution in [1.29, 1.82) is 0 Å². The Morgan fingerprint density at radius 3 is 2.54 bits per heavy atom. The lowest BCUT2D eigenvalue weighted by Gasteiger charge is -2.40. The van der Waals surface area contributed by atoms with E-state index in [1.54, 1.807) is 59.4 Å². The Labute approximate surface area is 233 Å². The summed E-state index contributed by atoms with van der Waals surface area (Å²) >= 11 is 0. The number of aliphatic hydroxyl groups is 2. The SMILES string of the molecule is C[C@@H]1CN(c2ncc(-c3ccc4c(=O)n(C)n(Cc5ccccc5OC(F)F)c4c3)cn2)CCN1C(=O)[C@@H](O)CO. The molecule has 1 fully saturated rings. The van der Waals surface area contributed by atoms with Crippen LogP contribution in [0.5, 0.6) is 5.75 Å². The van der Waals surface area contributed by atoms with Crippen LogP contribution in [0.3, 0.4) is 0 Å². The number of nitrogens with zero attached hydrogens (tertiary/aromatic N) is 6. The molecule has 216 valence electrons. The van der Waals surface area contributed by atoms with Crippen LogP contribution in [-0.4, -0.2) is 85.4 Å². The van der Waals surface area contributed by atoms with Crippen LogP contribution in [-0.2, 0) is 18.4 Å². The minimum Gasteiger partial charge on any atom is -0.434 e. The maximum atomic E-state index is 12.9. The lowest BCUT2D eigenvalue weighted by atomic mass is 10.1. The van der Waals surface area contributed by atoms with E-state index in [-0.39, 0.29) is 23.9 Å². The number of rotatable bonds is 8. The summed E-state index contributed by atoms with van der Waals surface area (Å²) < 4.78 is 33.7. The number of benzene rings is 2. The first-order chi connectivity index (χ1) is 19.7. The summed E-state index contributed by atoms with van der Waals surface area (Å²) in [6.45, 7) is -0.315. The number of ether oxygens (including phenoxy) is 1. The number of aliphatic hydroxyl groups excluding tert-OH is 2. The van der Waals surface area contributed by atoms with Gasteiger partial charge >= 0.3 is 6.61 Å². The predicted octanol–water partition coefficient (Wildman–Crippen LogP) is 1.84. The van der Waals surface area contributed by atoms with Crippen LogP contribution in [0.15, 0.2) is 59.7 Å². The number of hydrogen-bond acceptors (Lipinski definition) is 8. The third kappa shape index (κ3) is 5.63. The van der Waals surface area contributed by atoms with Gasteiger partial charge in [0.15, 0.2) is 6.10 Å². The van der Waals surface area contributed by atoms with E-state index in [0.717, 1.165) is 5.56 Å². The summed E-state index contributed by atoms with van der Waals surface area (Å²) in [5.74, 6) is 0.0282. The smallest absolute Gasteiger partial charge is 0.387 e. The van der Waals surface area contributed by atoms with Gasteiger partial charge in [0.25, 0.3) is 11.5 Å². The molecule has 1 amide bonds. The van der Waals surface area contributed by atoms with Gasteiger partial charge in [-0.05, 0) is 30.7 Å². The number of halogens is 2. The van der Waals surface area contributed by atoms with Gasteiger partial charge in [-0.1, -0.05) is 24.3 Å². The van der Waals surface area contributed by atoms with Crippen molar-refractivity contribution in [2.75, 3.05) is 31.1 Å². The molecule has 0 saturated carbocycles. The van der Waals surface area contributed by atoms with E-state index in [0.29, 0.717) is 47.6 Å². The second kappa shape index (κ2) is 11.6. The topological polar surface area (TPSA) is 126 Å². The fraction of sp³-hybridized carbons (Fsp3) is 0.357. The lowest BCUT2D eigenvalue weighted by Crippen LogP contribution is -2.57. The van der Waals surface area contributed by atoms with Crippen LogP contribution >= 0.6 is 0 Å². The number of amides is 1. The van der Waals surface area contributed by atoms with Crippen LogP contribution < -0.4 is 15.2 Å². The molecule has 11 nitrogen and oxygen atoms in total. The molecule has 0 bridgehead atoms. The monoisotopic (exact) mass is 568 g/mol. The molecule has 0 spiro atoms. The third-order valence-corrected chi connectivity index (χ3v) is 7.29. The second-order valence-electron chi connectivity index (χ2n) is 9.90. The zero-order valence-corrected chi connectivity index (χ0v) is 22.5. The van der Waals surface area contributed by atoms with Crippen LogP contribution in [0, 0.1) is 0 Å². The molecule has 5 rings (SSSR count). The Morgan fingerprint density at radius 1 is 1.12 bits per heavy atom. The molecule has 0 radical (unpaired) electrons. The minimum absolute atomic E-state index is 0.0426. The Hall–Kier alpha value is -4.36. The molecule has 2 atom stereocenters. The maximum Gasteiger partial charge on any atom is 0.387 e. The number of piperazine rings is 1. The molecular formula is C28H30F2N6O5. The van der Waals surface area contributed by atoms with Crippen LogP contribution in [0.4, 0.5) is 14.7 Å². The molecule has 13 heteroatoms. The largest absolute Gasteiger partial charge is 0.434 e. The van der Waals surface area contributed by atoms with Crippen LogP contribution in [0.1, 0.15) is 12.5 Å². The van der Waals surface area contributed by atoms with E-state index >= 15 is 0 Å². The number of anilines is 1. The Bertz CT molecular complexity index is 1610. The molecule has 4 aromatic rings. The lowest BCUT2D eigenvalue weighted by molar-refractivity contribution is -0.144. The molecule has 2 aromatic carbocycles. The normalized spacial score (nSPS) is 16.4. The highest BCUT2D eigenvalue weighted by Crippen LogP contribution is 2.27. The highest BCUT2D eigenvalue weighted by Gasteiger charge is 2.31. The summed E-state index contributed by atoms with van der Waals surface area (Å²) in [6, 6.07) is 11.6. The summed E-state index contributed by atoms with van der Waals surface area (Å²) in [4.78, 5) is 37.8. The predicted molar refractivity (Wildman–Crippen MR) is 147 cm³/mol. The molecule has 0 aliphatic carbocycles. The van der Waals surface area contributed by atoms with Crippen molar-refractivity contribution in [3.8, 4) is 16.9 Å². The van der Waals surface area contributed by atoms with E-state index < -0.39 is 25.2 Å². The first-order valence-corrected chi connectivity index (χ1v) is 13.1. The fourth-order valence-electron chi connectivity index (χ4n) is 5.12. The zero-order chi connectivity index (χ0) is 29.3. The third-order valence-electron chi connectivity index (χ3n) is 7.29. The number of hydrogen-bond donors (Lipinski definition) is 2. The van der Waals surface area contributed by atoms with Crippen molar-refractivity contribution in [3.05, 3.63) is 70.8 Å². The second-order valence-corrected chi connectivity index (χ2v) is 9.90. The molecule has 1 aliphatic rings. The van der Waals surface area contributed by atoms with Gasteiger partial charge in [0, 0.05) is 56.2 Å².